The van der Waals surface area contributed by atoms with Crippen molar-refractivity contribution in [2.24, 2.45) is 0 Å². The molecule has 3 nitrogen and oxygen atoms in total. The SMILES string of the molecule is Cc1ccc([I+]c2ccc(C)c(C)c2)cc1C.O=S(=O)([O-])C(F)(F)C(F)(F)C(F)(F)C(F)(F)F. The second-order valence-electron chi connectivity index (χ2n) is 7.17. The molecule has 0 aliphatic rings. The summed E-state index contributed by atoms with van der Waals surface area (Å²) in [6.07, 6.45) is -7.16. The van der Waals surface area contributed by atoms with Crippen molar-refractivity contribution in [2.45, 2.75) is 51.0 Å². The lowest BCUT2D eigenvalue weighted by Gasteiger charge is -2.34. The molecule has 0 unspecified atom stereocenters. The summed E-state index contributed by atoms with van der Waals surface area (Å²) in [5, 5.41) is -7.11. The number of rotatable bonds is 5. The fraction of sp³-hybridized carbons (Fsp3) is 0.400. The van der Waals surface area contributed by atoms with Gasteiger partial charge >= 0.3 is 44.5 Å². The summed E-state index contributed by atoms with van der Waals surface area (Å²) in [6, 6.07) is 13.7. The van der Waals surface area contributed by atoms with Gasteiger partial charge in [-0.2, -0.15) is 39.5 Å². The largest absolute Gasteiger partial charge is 0.743 e. The molecular weight excluding hydrogens is 618 g/mol. The number of aryl methyl sites for hydroxylation is 4. The molecule has 0 spiro atoms. The van der Waals surface area contributed by atoms with Crippen molar-refractivity contribution < 1.29 is 73.7 Å². The van der Waals surface area contributed by atoms with Crippen LogP contribution in [-0.2, 0) is 10.1 Å². The number of hydrogen-bond acceptors (Lipinski definition) is 3. The first kappa shape index (κ1) is 30.5. The molecule has 0 heterocycles. The van der Waals surface area contributed by atoms with Crippen molar-refractivity contribution in [2.75, 3.05) is 0 Å². The Morgan fingerprint density at radius 1 is 0.647 bits per heavy atom. The van der Waals surface area contributed by atoms with Gasteiger partial charge in [0.15, 0.2) is 17.3 Å². The molecule has 0 aromatic heterocycles. The Kier molecular flexibility index (Phi) is 9.15. The van der Waals surface area contributed by atoms with Crippen LogP contribution in [0.4, 0.5) is 39.5 Å². The van der Waals surface area contributed by atoms with Gasteiger partial charge in [-0.15, -0.1) is 0 Å². The zero-order chi connectivity index (χ0) is 26.9. The van der Waals surface area contributed by atoms with Gasteiger partial charge in [-0.25, -0.2) is 8.42 Å². The van der Waals surface area contributed by atoms with E-state index in [0.29, 0.717) is 0 Å². The minimum atomic E-state index is -7.43. The van der Waals surface area contributed by atoms with Crippen LogP contribution in [0.2, 0.25) is 0 Å². The lowest BCUT2D eigenvalue weighted by atomic mass is 10.1. The molecule has 0 bridgehead atoms. The summed E-state index contributed by atoms with van der Waals surface area (Å²) in [5.74, 6) is -14.8. The van der Waals surface area contributed by atoms with E-state index >= 15 is 0 Å². The van der Waals surface area contributed by atoms with Gasteiger partial charge in [-0.3, -0.25) is 0 Å². The molecule has 192 valence electrons. The van der Waals surface area contributed by atoms with Gasteiger partial charge in [0.05, 0.1) is 0 Å². The van der Waals surface area contributed by atoms with Gasteiger partial charge < -0.3 is 4.55 Å². The van der Waals surface area contributed by atoms with E-state index in [0.717, 1.165) is 0 Å². The molecule has 0 N–H and O–H groups in total. The van der Waals surface area contributed by atoms with Gasteiger partial charge in [0, 0.05) is 0 Å². The van der Waals surface area contributed by atoms with Crippen LogP contribution in [-0.4, -0.2) is 36.2 Å². The molecule has 2 rings (SSSR count). The van der Waals surface area contributed by atoms with Gasteiger partial charge in [0.2, 0.25) is 0 Å². The Morgan fingerprint density at radius 3 is 1.26 bits per heavy atom. The van der Waals surface area contributed by atoms with E-state index in [2.05, 4.69) is 64.1 Å². The Bertz CT molecular complexity index is 1080. The minimum absolute atomic E-state index is 0.0304. The van der Waals surface area contributed by atoms with Crippen LogP contribution in [0.15, 0.2) is 36.4 Å². The minimum Gasteiger partial charge on any atom is -0.743 e. The first-order chi connectivity index (χ1) is 15.1. The van der Waals surface area contributed by atoms with E-state index in [1.54, 1.807) is 0 Å². The molecule has 0 saturated heterocycles. The highest BCUT2D eigenvalue weighted by atomic mass is 127. The van der Waals surface area contributed by atoms with Crippen LogP contribution in [0.25, 0.3) is 0 Å². The average Bonchev–Trinajstić information content (AvgIpc) is 2.66. The molecule has 14 heteroatoms. The predicted molar refractivity (Wildman–Crippen MR) is 99.8 cm³/mol. The summed E-state index contributed by atoms with van der Waals surface area (Å²) < 4.78 is 138. The van der Waals surface area contributed by atoms with Crippen LogP contribution in [0.5, 0.6) is 0 Å². The lowest BCUT2D eigenvalue weighted by molar-refractivity contribution is -0.597. The Labute approximate surface area is 200 Å². The van der Waals surface area contributed by atoms with Crippen LogP contribution in [0.1, 0.15) is 22.3 Å². The van der Waals surface area contributed by atoms with Gasteiger partial charge in [0.1, 0.15) is 0 Å². The molecule has 2 aromatic rings. The maximum atomic E-state index is 12.2. The quantitative estimate of drug-likeness (QED) is 0.289. The van der Waals surface area contributed by atoms with Gasteiger partial charge in [-0.1, -0.05) is 12.1 Å². The first-order valence-corrected chi connectivity index (χ1v) is 12.6. The summed E-state index contributed by atoms with van der Waals surface area (Å²) in [5.41, 5.74) is 5.59. The van der Waals surface area contributed by atoms with Crippen molar-refractivity contribution in [3.05, 3.63) is 65.8 Å². The van der Waals surface area contributed by atoms with Crippen LogP contribution < -0.4 is 21.2 Å². The van der Waals surface area contributed by atoms with E-state index < -0.39 is 33.4 Å². The highest BCUT2D eigenvalue weighted by Crippen LogP contribution is 2.54. The van der Waals surface area contributed by atoms with E-state index in [-0.39, 0.29) is 21.2 Å². The van der Waals surface area contributed by atoms with Crippen molar-refractivity contribution >= 4 is 10.1 Å². The van der Waals surface area contributed by atoms with Crippen molar-refractivity contribution in [1.29, 1.82) is 0 Å². The standard InChI is InChI=1S/C16H18I.C4HF9O3S/c1-11-5-7-15(9-13(11)3)17-16-8-6-12(2)14(4)10-16;5-1(6,3(9,10)11)2(7,8)4(12,13)17(14,15)16/h5-10H,1-4H3;(H,14,15,16)/q+1;/p-1. The lowest BCUT2D eigenvalue weighted by Crippen LogP contribution is -3.61. The molecule has 0 aliphatic heterocycles. The Balaban J connectivity index is 0.000000340. The summed E-state index contributed by atoms with van der Waals surface area (Å²) in [7, 11) is -7.42. The molecule has 0 fully saturated rings. The number of benzene rings is 2. The van der Waals surface area contributed by atoms with E-state index in [4.69, 9.17) is 0 Å². The summed E-state index contributed by atoms with van der Waals surface area (Å²) in [4.78, 5) is 0. The van der Waals surface area contributed by atoms with Gasteiger partial charge in [0.25, 0.3) is 0 Å². The monoisotopic (exact) mass is 636 g/mol. The maximum Gasteiger partial charge on any atom is 0.460 e. The summed E-state index contributed by atoms with van der Waals surface area (Å²) >= 11 is -0.0304. The van der Waals surface area contributed by atoms with Crippen molar-refractivity contribution in [1.82, 2.24) is 0 Å². The molecule has 34 heavy (non-hydrogen) atoms. The zero-order valence-corrected chi connectivity index (χ0v) is 20.9. The third-order valence-corrected chi connectivity index (χ3v) is 8.06. The van der Waals surface area contributed by atoms with E-state index in [9.17, 15) is 52.5 Å². The molecule has 0 atom stereocenters. The van der Waals surface area contributed by atoms with Crippen molar-refractivity contribution in [3.8, 4) is 0 Å². The van der Waals surface area contributed by atoms with Gasteiger partial charge in [-0.05, 0) is 74.2 Å². The maximum absolute atomic E-state index is 12.2. The van der Waals surface area contributed by atoms with E-state index in [1.165, 1.54) is 29.4 Å². The van der Waals surface area contributed by atoms with Crippen molar-refractivity contribution in [3.63, 3.8) is 0 Å². The topological polar surface area (TPSA) is 57.2 Å². The molecular formula is C20H18F9IO3S. The fourth-order valence-corrected chi connectivity index (χ4v) is 5.30. The highest BCUT2D eigenvalue weighted by Gasteiger charge is 2.83. The third kappa shape index (κ3) is 6.36. The smallest absolute Gasteiger partial charge is 0.460 e. The van der Waals surface area contributed by atoms with Crippen LogP contribution in [0.3, 0.4) is 0 Å². The molecule has 0 radical (unpaired) electrons. The number of halogens is 10. The molecule has 0 aliphatic carbocycles. The molecule has 0 saturated carbocycles. The Hall–Kier alpha value is -1.55. The second-order valence-corrected chi connectivity index (χ2v) is 11.6. The average molecular weight is 636 g/mol. The first-order valence-electron chi connectivity index (χ1n) is 9.01. The van der Waals surface area contributed by atoms with Crippen LogP contribution >= 0.6 is 0 Å². The summed E-state index contributed by atoms with van der Waals surface area (Å²) in [6.45, 7) is 8.74. The second kappa shape index (κ2) is 10.2. The third-order valence-electron chi connectivity index (χ3n) is 4.59. The Morgan fingerprint density at radius 2 is 1.00 bits per heavy atom. The number of hydrogen-bond donors (Lipinski definition) is 0. The predicted octanol–water partition coefficient (Wildman–Crippen LogP) is 3.01. The fourth-order valence-electron chi connectivity index (χ4n) is 2.17. The molecule has 0 amide bonds. The highest BCUT2D eigenvalue weighted by molar-refractivity contribution is 7.86. The van der Waals surface area contributed by atoms with Crippen LogP contribution in [0, 0.1) is 34.8 Å². The number of alkyl halides is 9. The normalized spacial score (nSPS) is 13.4. The zero-order valence-electron chi connectivity index (χ0n) is 17.9. The van der Waals surface area contributed by atoms with E-state index in [1.807, 2.05) is 0 Å². The molecule has 2 aromatic carbocycles.